The quantitative estimate of drug-likeness (QED) is 0.851. The Morgan fingerprint density at radius 3 is 2.68 bits per heavy atom. The van der Waals surface area contributed by atoms with E-state index < -0.39 is 11.9 Å². The van der Waals surface area contributed by atoms with Gasteiger partial charge in [0.15, 0.2) is 5.69 Å². The number of thiazole rings is 1. The van der Waals surface area contributed by atoms with Crippen molar-refractivity contribution in [1.29, 1.82) is 0 Å². The SMILES string of the molecule is COc1ccc(/C=C\Cc2nc(C(F)(F)F)cs2)c(N)c1C. The number of rotatable bonds is 4. The summed E-state index contributed by atoms with van der Waals surface area (Å²) in [7, 11) is 1.57. The number of nitrogens with two attached hydrogens (primary N) is 1. The normalized spacial score (nSPS) is 12.0. The largest absolute Gasteiger partial charge is 0.496 e. The fourth-order valence-corrected chi connectivity index (χ4v) is 2.70. The molecule has 0 aliphatic rings. The Hall–Kier alpha value is -2.02. The lowest BCUT2D eigenvalue weighted by Crippen LogP contribution is -2.05. The van der Waals surface area contributed by atoms with E-state index in [-0.39, 0.29) is 0 Å². The van der Waals surface area contributed by atoms with Crippen molar-refractivity contribution in [3.63, 3.8) is 0 Å². The average Bonchev–Trinajstić information content (AvgIpc) is 2.93. The molecule has 0 aliphatic heterocycles. The van der Waals surface area contributed by atoms with E-state index in [1.54, 1.807) is 31.4 Å². The van der Waals surface area contributed by atoms with Crippen molar-refractivity contribution >= 4 is 23.1 Å². The molecule has 1 aromatic carbocycles. The fourth-order valence-electron chi connectivity index (χ4n) is 1.92. The first kappa shape index (κ1) is 16.4. The van der Waals surface area contributed by atoms with Crippen LogP contribution in [0.15, 0.2) is 23.6 Å². The molecule has 0 bridgehead atoms. The van der Waals surface area contributed by atoms with Crippen LogP contribution < -0.4 is 10.5 Å². The lowest BCUT2D eigenvalue weighted by molar-refractivity contribution is -0.140. The van der Waals surface area contributed by atoms with Crippen molar-refractivity contribution in [1.82, 2.24) is 4.98 Å². The van der Waals surface area contributed by atoms with Crippen LogP contribution in [0.3, 0.4) is 0 Å². The summed E-state index contributed by atoms with van der Waals surface area (Å²) in [6, 6.07) is 3.61. The minimum atomic E-state index is -4.39. The number of alkyl halides is 3. The number of ether oxygens (including phenoxy) is 1. The van der Waals surface area contributed by atoms with Crippen LogP contribution in [0.4, 0.5) is 18.9 Å². The van der Waals surface area contributed by atoms with E-state index in [9.17, 15) is 13.2 Å². The Morgan fingerprint density at radius 1 is 1.36 bits per heavy atom. The third-order valence-corrected chi connectivity index (χ3v) is 4.02. The number of hydrogen-bond acceptors (Lipinski definition) is 4. The highest BCUT2D eigenvalue weighted by Gasteiger charge is 2.33. The Bertz CT molecular complexity index is 693. The third kappa shape index (κ3) is 3.59. The summed E-state index contributed by atoms with van der Waals surface area (Å²) in [5.41, 5.74) is 7.38. The number of benzene rings is 1. The van der Waals surface area contributed by atoms with Crippen LogP contribution in [0.5, 0.6) is 5.75 Å². The molecule has 1 heterocycles. The Kier molecular flexibility index (Phi) is 4.75. The number of halogens is 3. The standard InChI is InChI=1S/C15H15F3N2OS/c1-9-11(21-2)7-6-10(14(9)19)4-3-5-13-20-12(8-22-13)15(16,17)18/h3-4,6-8H,5,19H2,1-2H3/b4-3-. The zero-order chi connectivity index (χ0) is 16.3. The third-order valence-electron chi connectivity index (χ3n) is 3.15. The Labute approximate surface area is 130 Å². The second-order valence-corrected chi connectivity index (χ2v) is 5.57. The summed E-state index contributed by atoms with van der Waals surface area (Å²) in [5, 5.41) is 1.43. The molecule has 0 fully saturated rings. The van der Waals surface area contributed by atoms with Crippen molar-refractivity contribution < 1.29 is 17.9 Å². The molecule has 2 rings (SSSR count). The summed E-state index contributed by atoms with van der Waals surface area (Å²) in [6.45, 7) is 1.85. The van der Waals surface area contributed by atoms with Gasteiger partial charge in [-0.1, -0.05) is 12.2 Å². The van der Waals surface area contributed by atoms with Gasteiger partial charge in [-0.2, -0.15) is 13.2 Å². The number of methoxy groups -OCH3 is 1. The van der Waals surface area contributed by atoms with Crippen molar-refractivity contribution in [2.75, 3.05) is 12.8 Å². The summed E-state index contributed by atoms with van der Waals surface area (Å²) in [5.74, 6) is 0.699. The van der Waals surface area contributed by atoms with Gasteiger partial charge in [-0.25, -0.2) is 4.98 Å². The zero-order valence-electron chi connectivity index (χ0n) is 12.1. The second-order valence-electron chi connectivity index (χ2n) is 4.63. The number of nitrogen functional groups attached to an aromatic ring is 1. The highest BCUT2D eigenvalue weighted by Crippen LogP contribution is 2.30. The lowest BCUT2D eigenvalue weighted by Gasteiger charge is -2.09. The molecule has 0 atom stereocenters. The van der Waals surface area contributed by atoms with Gasteiger partial charge in [-0.15, -0.1) is 11.3 Å². The van der Waals surface area contributed by atoms with Gasteiger partial charge in [0, 0.05) is 23.1 Å². The molecule has 0 spiro atoms. The van der Waals surface area contributed by atoms with Crippen LogP contribution >= 0.6 is 11.3 Å². The molecule has 1 aromatic heterocycles. The first-order valence-electron chi connectivity index (χ1n) is 6.44. The van der Waals surface area contributed by atoms with E-state index in [4.69, 9.17) is 10.5 Å². The maximum absolute atomic E-state index is 12.5. The van der Waals surface area contributed by atoms with Crippen LogP contribution in [0.25, 0.3) is 6.08 Å². The van der Waals surface area contributed by atoms with Gasteiger partial charge in [0.05, 0.1) is 12.1 Å². The van der Waals surface area contributed by atoms with E-state index in [0.29, 0.717) is 22.9 Å². The smallest absolute Gasteiger partial charge is 0.434 e. The summed E-state index contributed by atoms with van der Waals surface area (Å²) >= 11 is 0.991. The number of allylic oxidation sites excluding steroid dienone is 1. The van der Waals surface area contributed by atoms with Gasteiger partial charge in [0.2, 0.25) is 0 Å². The Morgan fingerprint density at radius 2 is 2.09 bits per heavy atom. The monoisotopic (exact) mass is 328 g/mol. The van der Waals surface area contributed by atoms with E-state index in [1.807, 2.05) is 6.92 Å². The van der Waals surface area contributed by atoms with Crippen molar-refractivity contribution in [3.8, 4) is 5.75 Å². The number of nitrogens with zero attached hydrogens (tertiary/aromatic N) is 1. The second kappa shape index (κ2) is 6.39. The fraction of sp³-hybridized carbons (Fsp3) is 0.267. The summed E-state index contributed by atoms with van der Waals surface area (Å²) in [6.07, 6.45) is -0.547. The van der Waals surface area contributed by atoms with Gasteiger partial charge >= 0.3 is 6.18 Å². The molecule has 0 saturated carbocycles. The van der Waals surface area contributed by atoms with Crippen molar-refractivity contribution in [2.45, 2.75) is 19.5 Å². The van der Waals surface area contributed by atoms with Gasteiger partial charge in [0.25, 0.3) is 0 Å². The molecule has 118 valence electrons. The molecule has 0 aliphatic carbocycles. The number of anilines is 1. The van der Waals surface area contributed by atoms with Gasteiger partial charge in [0.1, 0.15) is 5.75 Å². The molecule has 2 aromatic rings. The van der Waals surface area contributed by atoms with E-state index >= 15 is 0 Å². The van der Waals surface area contributed by atoms with Gasteiger partial charge in [-0.05, 0) is 24.6 Å². The van der Waals surface area contributed by atoms with Crippen LogP contribution in [-0.4, -0.2) is 12.1 Å². The zero-order valence-corrected chi connectivity index (χ0v) is 12.9. The first-order valence-corrected chi connectivity index (χ1v) is 7.32. The first-order chi connectivity index (χ1) is 10.3. The van der Waals surface area contributed by atoms with E-state index in [0.717, 1.165) is 27.8 Å². The molecule has 7 heteroatoms. The van der Waals surface area contributed by atoms with Crippen molar-refractivity contribution in [2.24, 2.45) is 0 Å². The maximum Gasteiger partial charge on any atom is 0.434 e. The molecule has 3 nitrogen and oxygen atoms in total. The molecule has 2 N–H and O–H groups in total. The molecule has 0 saturated heterocycles. The lowest BCUT2D eigenvalue weighted by atomic mass is 10.1. The van der Waals surface area contributed by atoms with Crippen LogP contribution in [-0.2, 0) is 12.6 Å². The predicted molar refractivity (Wildman–Crippen MR) is 82.0 cm³/mol. The highest BCUT2D eigenvalue weighted by atomic mass is 32.1. The molecular weight excluding hydrogens is 313 g/mol. The minimum Gasteiger partial charge on any atom is -0.496 e. The molecule has 22 heavy (non-hydrogen) atoms. The summed E-state index contributed by atoms with van der Waals surface area (Å²) in [4.78, 5) is 3.57. The molecule has 0 radical (unpaired) electrons. The van der Waals surface area contributed by atoms with Crippen LogP contribution in [0.2, 0.25) is 0 Å². The number of hydrogen-bond donors (Lipinski definition) is 1. The maximum atomic E-state index is 12.5. The number of aromatic nitrogens is 1. The average molecular weight is 328 g/mol. The van der Waals surface area contributed by atoms with Crippen LogP contribution in [0, 0.1) is 6.92 Å². The van der Waals surface area contributed by atoms with Crippen molar-refractivity contribution in [3.05, 3.63) is 45.4 Å². The highest BCUT2D eigenvalue weighted by molar-refractivity contribution is 7.09. The minimum absolute atomic E-state index is 0.325. The van der Waals surface area contributed by atoms with E-state index in [1.165, 1.54) is 0 Å². The molecule has 0 amide bonds. The van der Waals surface area contributed by atoms with Crippen LogP contribution in [0.1, 0.15) is 21.8 Å². The van der Waals surface area contributed by atoms with Gasteiger partial charge < -0.3 is 10.5 Å². The topological polar surface area (TPSA) is 48.1 Å². The summed E-state index contributed by atoms with van der Waals surface area (Å²) < 4.78 is 42.5. The molecule has 0 unspecified atom stereocenters. The van der Waals surface area contributed by atoms with E-state index in [2.05, 4.69) is 4.98 Å². The Balaban J connectivity index is 2.10. The predicted octanol–water partition coefficient (Wildman–Crippen LogP) is 4.32. The van der Waals surface area contributed by atoms with Gasteiger partial charge in [-0.3, -0.25) is 0 Å². The molecular formula is C15H15F3N2OS.